The summed E-state index contributed by atoms with van der Waals surface area (Å²) in [6.07, 6.45) is 2.80. The van der Waals surface area contributed by atoms with Gasteiger partial charge in [-0.1, -0.05) is 231 Å². The Morgan fingerprint density at radius 2 is 0.500 bits per heavy atom. The van der Waals surface area contributed by atoms with E-state index in [4.69, 9.17) is 65.0 Å². The lowest BCUT2D eigenvalue weighted by Crippen LogP contribution is -2.19. The summed E-state index contributed by atoms with van der Waals surface area (Å²) in [4.78, 5) is 0. The molecule has 0 N–H and O–H groups in total. The van der Waals surface area contributed by atoms with Gasteiger partial charge in [-0.05, 0) is 173 Å². The number of hydrogen-bond donors (Lipinski definition) is 0. The summed E-state index contributed by atoms with van der Waals surface area (Å²) >= 11 is 0. The summed E-state index contributed by atoms with van der Waals surface area (Å²) < 4.78 is 91.3. The highest BCUT2D eigenvalue weighted by atomic mass is 31.2. The highest BCUT2D eigenvalue weighted by Crippen LogP contribution is 2.56. The van der Waals surface area contributed by atoms with Crippen molar-refractivity contribution in [1.82, 2.24) is 0 Å². The van der Waals surface area contributed by atoms with Crippen molar-refractivity contribution in [3.05, 3.63) is 322 Å². The van der Waals surface area contributed by atoms with Gasteiger partial charge in [0.2, 0.25) is 0 Å². The highest BCUT2D eigenvalue weighted by molar-refractivity contribution is 7.72. The number of aryl methyl sites for hydroxylation is 4. The molecule has 0 aromatic heterocycles. The summed E-state index contributed by atoms with van der Waals surface area (Å²) in [7, 11) is -5.55. The van der Waals surface area contributed by atoms with Crippen LogP contribution in [0.3, 0.4) is 0 Å². The van der Waals surface area contributed by atoms with Crippen LogP contribution >= 0.6 is 33.0 Å². The summed E-state index contributed by atoms with van der Waals surface area (Å²) in [6.45, 7) is 16.9. The Morgan fingerprint density at radius 3 is 0.759 bits per heavy atom. The van der Waals surface area contributed by atoms with Crippen molar-refractivity contribution in [1.29, 1.82) is 0 Å². The van der Waals surface area contributed by atoms with Crippen molar-refractivity contribution in [2.45, 2.75) is 105 Å². The largest absolute Gasteiger partial charge is 0.530 e. The second kappa shape index (κ2) is 37.8. The van der Waals surface area contributed by atoms with Gasteiger partial charge in [-0.2, -0.15) is 0 Å². The fourth-order valence-electron chi connectivity index (χ4n) is 13.6. The third-order valence-corrected chi connectivity index (χ3v) is 26.3. The van der Waals surface area contributed by atoms with Gasteiger partial charge >= 0.3 is 17.2 Å². The van der Waals surface area contributed by atoms with E-state index >= 15 is 0 Å². The van der Waals surface area contributed by atoms with Crippen LogP contribution in [0.4, 0.5) is 0 Å². The summed E-state index contributed by atoms with van der Waals surface area (Å²) in [6, 6.07) is 88.2. The van der Waals surface area contributed by atoms with Crippen LogP contribution in [0.15, 0.2) is 255 Å². The first kappa shape index (κ1) is 76.4. The third kappa shape index (κ3) is 19.1. The Balaban J connectivity index is 0.000000238. The molecule has 4 aliphatic heterocycles. The Hall–Kier alpha value is -8.38. The standard InChI is InChI=1S/C58H64O14P2.C32H28P2/c1-37-35-39(3)53(71-73(67-47-23-11-7-19-43(47)55-59-27-15-28-60-55)68-48-24-12-8-20-44(48)56-61-29-16-30-62-56)51(41(37)5)52-42(6)38(2)36-40(4)54(52)72-74(69-49-25-13-9-21-45(49)57-63-31-17-32-64-57)70-50-26-14-10-22-46(50)58-65-33-18-34-66-58;1-5-17-29(18-6-1)33(30-19-7-2-8-20-30)25-27-15-13-14-16-28(27)26-34(31-21-9-3-10-22-31)32-23-11-4-12-24-32/h7-14,19-26,35-36,55-58H,15-18,27-34H2,1-6H3;1-24H,25-26H2. The van der Waals surface area contributed by atoms with Crippen LogP contribution in [-0.4, -0.2) is 52.9 Å². The van der Waals surface area contributed by atoms with Crippen LogP contribution in [0.5, 0.6) is 34.5 Å². The van der Waals surface area contributed by atoms with Gasteiger partial charge in [0, 0.05) is 23.5 Å². The Morgan fingerprint density at radius 1 is 0.269 bits per heavy atom. The molecular weight excluding hydrogens is 1430 g/mol. The molecule has 0 saturated carbocycles. The molecule has 0 atom stereocenters. The number of ether oxygens (including phenoxy) is 8. The van der Waals surface area contributed by atoms with Gasteiger partial charge in [-0.15, -0.1) is 0 Å². The van der Waals surface area contributed by atoms with Crippen LogP contribution in [-0.2, 0) is 50.2 Å². The molecule has 4 aliphatic rings. The third-order valence-electron chi connectivity index (χ3n) is 19.3. The molecule has 556 valence electrons. The number of rotatable bonds is 25. The first-order valence-electron chi connectivity index (χ1n) is 37.1. The molecule has 0 unspecified atom stereocenters. The second-order valence-electron chi connectivity index (χ2n) is 26.8. The SMILES string of the molecule is Cc1cc(C)c(OP(Oc2ccccc2C2OCCCO2)Oc2ccccc2C2OCCCO2)c(-c2c(C)c(C)cc(C)c2OP(Oc2ccccc2C2OCCCO2)Oc2ccccc2C2OCCCO2)c1C.c1ccc(P(Cc2ccccc2CP(c2ccccc2)c2ccccc2)c2ccccc2)cc1. The molecule has 14 nitrogen and oxygen atoms in total. The maximum Gasteiger partial charge on any atom is 0.530 e. The maximum atomic E-state index is 7.30. The monoisotopic (exact) mass is 1520 g/mol. The Labute approximate surface area is 640 Å². The minimum Gasteiger partial charge on any atom is -0.408 e. The number of benzene rings is 11. The molecular formula is C90H92O14P4. The van der Waals surface area contributed by atoms with Crippen molar-refractivity contribution in [2.24, 2.45) is 0 Å². The quantitative estimate of drug-likeness (QED) is 0.0503. The first-order valence-corrected chi connectivity index (χ1v) is 42.3. The molecule has 0 bridgehead atoms. The van der Waals surface area contributed by atoms with Crippen molar-refractivity contribution < 1.29 is 65.0 Å². The lowest BCUT2D eigenvalue weighted by Gasteiger charge is -2.29. The molecule has 11 aromatic carbocycles. The molecule has 0 spiro atoms. The molecule has 18 heteroatoms. The van der Waals surface area contributed by atoms with E-state index in [0.29, 0.717) is 87.4 Å². The molecule has 4 fully saturated rings. The smallest absolute Gasteiger partial charge is 0.408 e. The summed E-state index contributed by atoms with van der Waals surface area (Å²) in [5, 5.41) is 5.75. The van der Waals surface area contributed by atoms with Crippen LogP contribution in [0, 0.1) is 41.5 Å². The highest BCUT2D eigenvalue weighted by Gasteiger charge is 2.36. The molecule has 0 radical (unpaired) electrons. The molecule has 4 heterocycles. The summed E-state index contributed by atoms with van der Waals surface area (Å²) in [5.41, 5.74) is 13.1. The van der Waals surface area contributed by atoms with Gasteiger partial charge < -0.3 is 65.0 Å². The van der Waals surface area contributed by atoms with Gasteiger partial charge in [0.15, 0.2) is 25.2 Å². The molecule has 0 aliphatic carbocycles. The second-order valence-corrected chi connectivity index (χ2v) is 33.2. The average molecular weight is 1520 g/mol. The van der Waals surface area contributed by atoms with Crippen LogP contribution in [0.2, 0.25) is 0 Å². The van der Waals surface area contributed by atoms with Gasteiger partial charge in [0.1, 0.15) is 34.5 Å². The van der Waals surface area contributed by atoms with E-state index in [0.717, 1.165) is 105 Å². The van der Waals surface area contributed by atoms with E-state index in [1.54, 1.807) is 0 Å². The molecule has 0 amide bonds. The van der Waals surface area contributed by atoms with Gasteiger partial charge in [0.05, 0.1) is 75.1 Å². The van der Waals surface area contributed by atoms with Crippen LogP contribution in [0.25, 0.3) is 11.1 Å². The Kier molecular flexibility index (Phi) is 26.8. The lowest BCUT2D eigenvalue weighted by molar-refractivity contribution is -0.183. The van der Waals surface area contributed by atoms with Crippen molar-refractivity contribution >= 4 is 54.3 Å². The fourth-order valence-corrected chi connectivity index (χ4v) is 20.6. The van der Waals surface area contributed by atoms with E-state index in [1.165, 1.54) is 32.3 Å². The van der Waals surface area contributed by atoms with E-state index in [1.807, 2.05) is 111 Å². The van der Waals surface area contributed by atoms with Crippen molar-refractivity contribution in [3.8, 4) is 45.6 Å². The topological polar surface area (TPSA) is 129 Å². The van der Waals surface area contributed by atoms with E-state index < -0.39 is 58.2 Å². The minimum absolute atomic E-state index is 0.470. The number of para-hydroxylation sites is 4. The Bertz CT molecular complexity index is 4200. The zero-order valence-electron chi connectivity index (χ0n) is 62.0. The van der Waals surface area contributed by atoms with E-state index in [9.17, 15) is 0 Å². The van der Waals surface area contributed by atoms with E-state index in [2.05, 4.69) is 185 Å². The van der Waals surface area contributed by atoms with Gasteiger partial charge in [-0.3, -0.25) is 0 Å². The predicted octanol–water partition coefficient (Wildman–Crippen LogP) is 21.4. The fraction of sp³-hybridized carbons (Fsp3) is 0.267. The zero-order chi connectivity index (χ0) is 74.0. The van der Waals surface area contributed by atoms with Gasteiger partial charge in [-0.25, -0.2) is 0 Å². The summed E-state index contributed by atoms with van der Waals surface area (Å²) in [5.74, 6) is 3.07. The van der Waals surface area contributed by atoms with Crippen LogP contribution in [0.1, 0.15) is 118 Å². The van der Waals surface area contributed by atoms with Crippen LogP contribution < -0.4 is 48.4 Å². The molecule has 108 heavy (non-hydrogen) atoms. The average Bonchev–Trinajstić information content (AvgIpc) is 0.751. The molecule has 15 rings (SSSR count). The number of hydrogen-bond acceptors (Lipinski definition) is 14. The maximum absolute atomic E-state index is 7.30. The van der Waals surface area contributed by atoms with E-state index in [-0.39, 0.29) is 0 Å². The predicted molar refractivity (Wildman–Crippen MR) is 433 cm³/mol. The van der Waals surface area contributed by atoms with Gasteiger partial charge in [0.25, 0.3) is 0 Å². The van der Waals surface area contributed by atoms with Crippen molar-refractivity contribution in [3.63, 3.8) is 0 Å². The lowest BCUT2D eigenvalue weighted by atomic mass is 9.87. The minimum atomic E-state index is -2.30. The zero-order valence-corrected chi connectivity index (χ0v) is 65.5. The molecule has 4 saturated heterocycles. The normalized spacial score (nSPS) is 15.4. The first-order chi connectivity index (χ1) is 53.1. The molecule has 11 aromatic rings. The van der Waals surface area contributed by atoms with Crippen molar-refractivity contribution in [2.75, 3.05) is 52.9 Å².